The number of nitrogens with one attached hydrogen (secondary N) is 3. The number of halogens is 3. The van der Waals surface area contributed by atoms with Crippen molar-refractivity contribution in [3.63, 3.8) is 0 Å². The molecule has 1 aliphatic carbocycles. The van der Waals surface area contributed by atoms with Gasteiger partial charge in [-0.15, -0.1) is 0 Å². The Morgan fingerprint density at radius 1 is 1.30 bits per heavy atom. The van der Waals surface area contributed by atoms with Crippen molar-refractivity contribution >= 4 is 39.9 Å². The maximum absolute atomic E-state index is 12.9. The number of aryl methyl sites for hydroxylation is 1. The molecule has 4 rings (SSSR count). The molecule has 0 bridgehead atoms. The summed E-state index contributed by atoms with van der Waals surface area (Å²) in [5.41, 5.74) is -0.763. The summed E-state index contributed by atoms with van der Waals surface area (Å²) in [6.07, 6.45) is 0.374. The molecule has 0 spiro atoms. The summed E-state index contributed by atoms with van der Waals surface area (Å²) < 4.78 is 62.7. The molecular weight excluding hydrogens is 441 g/mol. The average Bonchev–Trinajstić information content (AvgIpc) is 3.53. The van der Waals surface area contributed by atoms with Crippen molar-refractivity contribution in [3.8, 4) is 0 Å². The van der Waals surface area contributed by atoms with Crippen molar-refractivity contribution < 1.29 is 26.9 Å². The van der Waals surface area contributed by atoms with E-state index in [4.69, 9.17) is 4.11 Å². The van der Waals surface area contributed by atoms with Gasteiger partial charge in [0.2, 0.25) is 5.91 Å². The van der Waals surface area contributed by atoms with Gasteiger partial charge in [0, 0.05) is 48.7 Å². The van der Waals surface area contributed by atoms with Crippen LogP contribution in [-0.2, 0) is 18.4 Å². The number of hydrogen-bond donors (Lipinski definition) is 3. The van der Waals surface area contributed by atoms with E-state index >= 15 is 0 Å². The Labute approximate surface area is 189 Å². The van der Waals surface area contributed by atoms with Gasteiger partial charge in [-0.1, -0.05) is 0 Å². The van der Waals surface area contributed by atoms with Crippen LogP contribution < -0.4 is 21.5 Å². The van der Waals surface area contributed by atoms with Crippen molar-refractivity contribution in [3.05, 3.63) is 46.6 Å². The third-order valence-corrected chi connectivity index (χ3v) is 5.20. The maximum Gasteiger partial charge on any atom is 0.406 e. The van der Waals surface area contributed by atoms with Crippen LogP contribution in [0, 0.1) is 5.92 Å². The van der Waals surface area contributed by atoms with Gasteiger partial charge in [0.05, 0.1) is 27.8 Å². The monoisotopic (exact) mass is 465 g/mol. The number of nitrogens with zero attached hydrogens (tertiary/aromatic N) is 3. The molecule has 0 unspecified atom stereocenters. The lowest BCUT2D eigenvalue weighted by Gasteiger charge is -2.13. The van der Waals surface area contributed by atoms with E-state index in [1.807, 2.05) is 5.32 Å². The van der Waals surface area contributed by atoms with E-state index in [0.29, 0.717) is 10.1 Å². The highest BCUT2D eigenvalue weighted by molar-refractivity contribution is 6.03. The molecule has 3 N–H and O–H groups in total. The molecule has 0 atom stereocenters. The number of rotatable bonds is 6. The van der Waals surface area contributed by atoms with Crippen LogP contribution >= 0.6 is 0 Å². The van der Waals surface area contributed by atoms with Crippen LogP contribution in [0.1, 0.15) is 27.3 Å². The lowest BCUT2D eigenvalue weighted by molar-refractivity contribution is -0.141. The van der Waals surface area contributed by atoms with Crippen LogP contribution in [0.25, 0.3) is 10.9 Å². The molecule has 0 saturated heterocycles. The minimum Gasteiger partial charge on any atom is -0.355 e. The van der Waals surface area contributed by atoms with Gasteiger partial charge in [-0.05, 0) is 18.9 Å². The minimum atomic E-state index is -4.62. The fourth-order valence-corrected chi connectivity index (χ4v) is 3.45. The fourth-order valence-electron chi connectivity index (χ4n) is 3.45. The molecule has 9 nitrogen and oxygen atoms in total. The molecule has 0 aliphatic heterocycles. The summed E-state index contributed by atoms with van der Waals surface area (Å²) >= 11 is 0. The number of carbonyl (C=O) groups is 2. The molecule has 0 radical (unpaired) electrons. The summed E-state index contributed by atoms with van der Waals surface area (Å²) in [4.78, 5) is 41.7. The second kappa shape index (κ2) is 8.26. The van der Waals surface area contributed by atoms with Gasteiger partial charge in [0.15, 0.2) is 0 Å². The van der Waals surface area contributed by atoms with Gasteiger partial charge in [-0.3, -0.25) is 14.4 Å². The summed E-state index contributed by atoms with van der Waals surface area (Å²) in [5, 5.41) is 7.20. The van der Waals surface area contributed by atoms with Gasteiger partial charge < -0.3 is 25.1 Å². The Bertz CT molecular complexity index is 1410. The van der Waals surface area contributed by atoms with E-state index in [2.05, 4.69) is 15.6 Å². The Hall–Kier alpha value is -3.83. The smallest absolute Gasteiger partial charge is 0.355 e. The molecule has 33 heavy (non-hydrogen) atoms. The normalized spacial score (nSPS) is 15.5. The molecule has 174 valence electrons. The number of anilines is 3. The fraction of sp³-hybridized carbons (Fsp3) is 0.333. The first-order valence-corrected chi connectivity index (χ1v) is 9.87. The highest BCUT2D eigenvalue weighted by Crippen LogP contribution is 2.32. The third kappa shape index (κ3) is 4.69. The molecule has 3 aromatic rings. The maximum atomic E-state index is 12.9. The zero-order valence-electron chi connectivity index (χ0n) is 20.3. The first-order chi connectivity index (χ1) is 16.7. The Morgan fingerprint density at radius 2 is 2.06 bits per heavy atom. The van der Waals surface area contributed by atoms with E-state index in [-0.39, 0.29) is 40.0 Å². The second-order valence-electron chi connectivity index (χ2n) is 7.74. The SMILES string of the molecule is [2H]C([2H])([2H])NC(=O)c1cnc(NC(=O)C2CC2)cc1Nc1cn(C)c2ccn(CC(F)(F)F)c(=O)c12. The van der Waals surface area contributed by atoms with Crippen molar-refractivity contribution in [1.82, 2.24) is 19.4 Å². The highest BCUT2D eigenvalue weighted by atomic mass is 19.4. The third-order valence-electron chi connectivity index (χ3n) is 5.20. The van der Waals surface area contributed by atoms with Crippen LogP contribution in [0.3, 0.4) is 0 Å². The van der Waals surface area contributed by atoms with Gasteiger partial charge in [0.25, 0.3) is 11.5 Å². The molecule has 0 aromatic carbocycles. The summed E-state index contributed by atoms with van der Waals surface area (Å²) in [5.74, 6) is -1.37. The summed E-state index contributed by atoms with van der Waals surface area (Å²) in [7, 11) is 1.58. The molecule has 1 aliphatic rings. The van der Waals surface area contributed by atoms with E-state index in [1.165, 1.54) is 22.9 Å². The first kappa shape index (κ1) is 18.7. The summed E-state index contributed by atoms with van der Waals surface area (Å²) in [6.45, 7) is -4.30. The van der Waals surface area contributed by atoms with Crippen molar-refractivity contribution in [2.75, 3.05) is 17.6 Å². The average molecular weight is 465 g/mol. The van der Waals surface area contributed by atoms with E-state index in [9.17, 15) is 27.6 Å². The molecule has 12 heteroatoms. The van der Waals surface area contributed by atoms with Gasteiger partial charge in [-0.2, -0.15) is 13.2 Å². The van der Waals surface area contributed by atoms with Gasteiger partial charge >= 0.3 is 6.18 Å². The second-order valence-corrected chi connectivity index (χ2v) is 7.74. The highest BCUT2D eigenvalue weighted by Gasteiger charge is 2.30. The molecule has 1 saturated carbocycles. The van der Waals surface area contributed by atoms with Crippen molar-refractivity contribution in [1.29, 1.82) is 0 Å². The lowest BCUT2D eigenvalue weighted by atomic mass is 10.2. The Balaban J connectivity index is 1.78. The minimum absolute atomic E-state index is 0.0176. The van der Waals surface area contributed by atoms with Crippen molar-refractivity contribution in [2.24, 2.45) is 13.0 Å². The van der Waals surface area contributed by atoms with Crippen molar-refractivity contribution in [2.45, 2.75) is 25.6 Å². The van der Waals surface area contributed by atoms with Gasteiger partial charge in [-0.25, -0.2) is 4.98 Å². The molecule has 2 amide bonds. The van der Waals surface area contributed by atoms with E-state index in [1.54, 1.807) is 7.05 Å². The number of fused-ring (bicyclic) bond motifs is 1. The number of pyridine rings is 2. The number of alkyl halides is 3. The zero-order valence-corrected chi connectivity index (χ0v) is 17.3. The predicted molar refractivity (Wildman–Crippen MR) is 115 cm³/mol. The summed E-state index contributed by atoms with van der Waals surface area (Å²) in [6, 6.07) is 2.63. The topological polar surface area (TPSA) is 110 Å². The molecule has 3 heterocycles. The molecule has 3 aromatic heterocycles. The Kier molecular flexibility index (Phi) is 4.69. The number of amides is 2. The van der Waals surface area contributed by atoms with Gasteiger partial charge in [0.1, 0.15) is 12.4 Å². The number of hydrogen-bond acceptors (Lipinski definition) is 5. The largest absolute Gasteiger partial charge is 0.406 e. The number of aromatic nitrogens is 3. The number of carbonyl (C=O) groups excluding carboxylic acids is 2. The molecule has 1 fully saturated rings. The Morgan fingerprint density at radius 3 is 2.73 bits per heavy atom. The first-order valence-electron chi connectivity index (χ1n) is 11.4. The molecular formula is C21H21F3N6O3. The van der Waals surface area contributed by atoms with E-state index < -0.39 is 31.2 Å². The van der Waals surface area contributed by atoms with Crippen LogP contribution in [0.5, 0.6) is 0 Å². The van der Waals surface area contributed by atoms with E-state index in [0.717, 1.165) is 25.2 Å². The zero-order chi connectivity index (χ0) is 26.4. The van der Waals surface area contributed by atoms with Crippen LogP contribution in [0.4, 0.5) is 30.4 Å². The van der Waals surface area contributed by atoms with Crippen LogP contribution in [0.2, 0.25) is 0 Å². The quantitative estimate of drug-likeness (QED) is 0.519. The standard InChI is InChI=1S/C21H21F3N6O3/c1-25-19(32)12-8-26-16(28-18(31)11-3-4-11)7-13(12)27-14-9-29(2)15-5-6-30(10-21(22,23)24)20(33)17(14)15/h5-9,11H,3-4,10H2,1-2H3,(H,25,32)(H2,26,27,28,31)/i1D3. The van der Waals surface area contributed by atoms with Crippen LogP contribution in [0.15, 0.2) is 35.5 Å². The predicted octanol–water partition coefficient (Wildman–Crippen LogP) is 2.75. The van der Waals surface area contributed by atoms with Crippen LogP contribution in [-0.4, -0.2) is 39.1 Å². The lowest BCUT2D eigenvalue weighted by Crippen LogP contribution is -2.27.